The summed E-state index contributed by atoms with van der Waals surface area (Å²) in [5.74, 6) is 1.86. The van der Waals surface area contributed by atoms with Crippen LogP contribution in [0.15, 0.2) is 12.1 Å². The zero-order valence-electron chi connectivity index (χ0n) is 17.5. The van der Waals surface area contributed by atoms with E-state index in [0.29, 0.717) is 6.04 Å². The predicted octanol–water partition coefficient (Wildman–Crippen LogP) is 5.37. The lowest BCUT2D eigenvalue weighted by atomic mass is 9.89. The zero-order chi connectivity index (χ0) is 19.4. The average Bonchev–Trinajstić information content (AvgIpc) is 2.72. The molecule has 0 saturated carbocycles. The van der Waals surface area contributed by atoms with Gasteiger partial charge in [0.05, 0.1) is 24.2 Å². The van der Waals surface area contributed by atoms with Gasteiger partial charge in [-0.15, -0.1) is 0 Å². The van der Waals surface area contributed by atoms with Crippen molar-refractivity contribution in [1.29, 1.82) is 0 Å². The molecule has 4 heteroatoms. The lowest BCUT2D eigenvalue weighted by molar-refractivity contribution is 0.415. The Morgan fingerprint density at radius 2 is 1.67 bits per heavy atom. The van der Waals surface area contributed by atoms with Gasteiger partial charge in [0.25, 0.3) is 0 Å². The van der Waals surface area contributed by atoms with Crippen molar-refractivity contribution in [1.82, 2.24) is 9.97 Å². The SMILES string of the molecule is CCc1nc(-c2cc3c(cc2OC)CCCC3)c(CC)nc1NC(C)CC. The molecule has 146 valence electrons. The summed E-state index contributed by atoms with van der Waals surface area (Å²) < 4.78 is 5.77. The highest BCUT2D eigenvalue weighted by Crippen LogP contribution is 2.37. The Balaban J connectivity index is 2.13. The highest BCUT2D eigenvalue weighted by atomic mass is 16.5. The maximum atomic E-state index is 5.77. The van der Waals surface area contributed by atoms with Gasteiger partial charge in [0, 0.05) is 11.6 Å². The van der Waals surface area contributed by atoms with Crippen LogP contribution in [0.5, 0.6) is 5.75 Å². The number of aromatic nitrogens is 2. The van der Waals surface area contributed by atoms with Crippen LogP contribution >= 0.6 is 0 Å². The van der Waals surface area contributed by atoms with E-state index >= 15 is 0 Å². The number of benzene rings is 1. The second-order valence-corrected chi connectivity index (χ2v) is 7.50. The number of ether oxygens (including phenoxy) is 1. The van der Waals surface area contributed by atoms with Crippen molar-refractivity contribution in [2.45, 2.75) is 78.7 Å². The molecule has 1 aliphatic rings. The molecule has 0 amide bonds. The van der Waals surface area contributed by atoms with Crippen LogP contribution in [0, 0.1) is 0 Å². The van der Waals surface area contributed by atoms with Gasteiger partial charge in [0.2, 0.25) is 0 Å². The Labute approximate surface area is 163 Å². The number of rotatable bonds is 7. The van der Waals surface area contributed by atoms with E-state index in [0.717, 1.165) is 66.3 Å². The Bertz CT molecular complexity index is 801. The number of nitrogens with zero attached hydrogens (tertiary/aromatic N) is 2. The van der Waals surface area contributed by atoms with Crippen molar-refractivity contribution >= 4 is 5.82 Å². The van der Waals surface area contributed by atoms with Crippen LogP contribution in [0.2, 0.25) is 0 Å². The second kappa shape index (κ2) is 8.73. The number of methoxy groups -OCH3 is 1. The Morgan fingerprint density at radius 3 is 2.26 bits per heavy atom. The number of nitrogens with one attached hydrogen (secondary N) is 1. The van der Waals surface area contributed by atoms with Gasteiger partial charge in [-0.05, 0) is 75.1 Å². The minimum atomic E-state index is 0.387. The number of anilines is 1. The number of hydrogen-bond donors (Lipinski definition) is 1. The van der Waals surface area contributed by atoms with Crippen molar-refractivity contribution in [2.75, 3.05) is 12.4 Å². The van der Waals surface area contributed by atoms with Crippen LogP contribution in [0.3, 0.4) is 0 Å². The lowest BCUT2D eigenvalue weighted by Gasteiger charge is -2.21. The molecule has 27 heavy (non-hydrogen) atoms. The Kier molecular flexibility index (Phi) is 6.35. The third-order valence-electron chi connectivity index (χ3n) is 5.62. The maximum absolute atomic E-state index is 5.77. The van der Waals surface area contributed by atoms with Crippen LogP contribution in [0.25, 0.3) is 11.3 Å². The monoisotopic (exact) mass is 367 g/mol. The molecule has 1 N–H and O–H groups in total. The molecule has 1 aromatic carbocycles. The van der Waals surface area contributed by atoms with E-state index in [-0.39, 0.29) is 0 Å². The van der Waals surface area contributed by atoms with E-state index in [4.69, 9.17) is 14.7 Å². The third-order valence-corrected chi connectivity index (χ3v) is 5.62. The number of aryl methyl sites for hydroxylation is 4. The van der Waals surface area contributed by atoms with Crippen molar-refractivity contribution in [3.05, 3.63) is 34.6 Å². The van der Waals surface area contributed by atoms with E-state index in [1.807, 2.05) is 0 Å². The van der Waals surface area contributed by atoms with Gasteiger partial charge in [0.15, 0.2) is 0 Å². The van der Waals surface area contributed by atoms with Gasteiger partial charge in [-0.2, -0.15) is 0 Å². The van der Waals surface area contributed by atoms with Gasteiger partial charge in [-0.1, -0.05) is 20.8 Å². The van der Waals surface area contributed by atoms with Crippen molar-refractivity contribution < 1.29 is 4.74 Å². The minimum Gasteiger partial charge on any atom is -0.496 e. The Morgan fingerprint density at radius 1 is 1.00 bits per heavy atom. The fourth-order valence-corrected chi connectivity index (χ4v) is 3.78. The minimum absolute atomic E-state index is 0.387. The molecule has 1 unspecified atom stereocenters. The van der Waals surface area contributed by atoms with Gasteiger partial charge in [-0.25, -0.2) is 9.97 Å². The van der Waals surface area contributed by atoms with Crippen LogP contribution in [-0.4, -0.2) is 23.1 Å². The highest BCUT2D eigenvalue weighted by Gasteiger charge is 2.20. The molecular weight excluding hydrogens is 334 g/mol. The number of hydrogen-bond acceptors (Lipinski definition) is 4. The lowest BCUT2D eigenvalue weighted by Crippen LogP contribution is -2.18. The summed E-state index contributed by atoms with van der Waals surface area (Å²) in [6, 6.07) is 4.91. The molecule has 0 spiro atoms. The average molecular weight is 368 g/mol. The van der Waals surface area contributed by atoms with Gasteiger partial charge in [-0.3, -0.25) is 0 Å². The summed E-state index contributed by atoms with van der Waals surface area (Å²) in [7, 11) is 1.76. The van der Waals surface area contributed by atoms with Crippen LogP contribution in [-0.2, 0) is 25.7 Å². The van der Waals surface area contributed by atoms with Crippen molar-refractivity contribution in [2.24, 2.45) is 0 Å². The van der Waals surface area contributed by atoms with E-state index in [9.17, 15) is 0 Å². The molecule has 0 radical (unpaired) electrons. The highest BCUT2D eigenvalue weighted by molar-refractivity contribution is 5.72. The standard InChI is InChI=1S/C23H33N3O/c1-6-15(4)24-23-20(8-3)25-22(19(7-2)26-23)18-13-16-11-9-10-12-17(16)14-21(18)27-5/h13-15H,6-12H2,1-5H3,(H,24,26). The van der Waals surface area contributed by atoms with Crippen LogP contribution < -0.4 is 10.1 Å². The zero-order valence-corrected chi connectivity index (χ0v) is 17.5. The van der Waals surface area contributed by atoms with E-state index in [2.05, 4.69) is 45.1 Å². The number of fused-ring (bicyclic) bond motifs is 1. The molecule has 0 saturated heterocycles. The fourth-order valence-electron chi connectivity index (χ4n) is 3.78. The maximum Gasteiger partial charge on any atom is 0.148 e. The molecule has 0 bridgehead atoms. The molecule has 0 aliphatic heterocycles. The summed E-state index contributed by atoms with van der Waals surface area (Å²) in [5.41, 5.74) is 7.01. The summed E-state index contributed by atoms with van der Waals surface area (Å²) in [6.07, 6.45) is 7.60. The topological polar surface area (TPSA) is 47.0 Å². The molecule has 1 heterocycles. The molecule has 0 fully saturated rings. The predicted molar refractivity (Wildman–Crippen MR) is 113 cm³/mol. The van der Waals surface area contributed by atoms with E-state index in [1.54, 1.807) is 7.11 Å². The largest absolute Gasteiger partial charge is 0.496 e. The quantitative estimate of drug-likeness (QED) is 0.715. The van der Waals surface area contributed by atoms with Gasteiger partial charge < -0.3 is 10.1 Å². The molecule has 2 aromatic rings. The first kappa shape index (κ1) is 19.7. The molecular formula is C23H33N3O. The summed E-state index contributed by atoms with van der Waals surface area (Å²) in [5, 5.41) is 3.54. The summed E-state index contributed by atoms with van der Waals surface area (Å²) in [6.45, 7) is 8.67. The smallest absolute Gasteiger partial charge is 0.148 e. The summed E-state index contributed by atoms with van der Waals surface area (Å²) >= 11 is 0. The third kappa shape index (κ3) is 4.10. The first-order valence-corrected chi connectivity index (χ1v) is 10.5. The van der Waals surface area contributed by atoms with Crippen molar-refractivity contribution in [3.63, 3.8) is 0 Å². The van der Waals surface area contributed by atoms with Crippen LogP contribution in [0.4, 0.5) is 5.82 Å². The second-order valence-electron chi connectivity index (χ2n) is 7.50. The normalized spacial score (nSPS) is 14.6. The Hall–Kier alpha value is -2.10. The molecule has 1 atom stereocenters. The molecule has 1 aromatic heterocycles. The van der Waals surface area contributed by atoms with Gasteiger partial charge >= 0.3 is 0 Å². The van der Waals surface area contributed by atoms with E-state index in [1.165, 1.54) is 24.0 Å². The first-order valence-electron chi connectivity index (χ1n) is 10.5. The summed E-state index contributed by atoms with van der Waals surface area (Å²) in [4.78, 5) is 10.1. The van der Waals surface area contributed by atoms with E-state index < -0.39 is 0 Å². The first-order chi connectivity index (χ1) is 13.1. The van der Waals surface area contributed by atoms with Crippen LogP contribution in [0.1, 0.15) is 69.5 Å². The van der Waals surface area contributed by atoms with Crippen molar-refractivity contribution in [3.8, 4) is 17.0 Å². The fraction of sp³-hybridized carbons (Fsp3) is 0.565. The van der Waals surface area contributed by atoms with Gasteiger partial charge in [0.1, 0.15) is 11.6 Å². The molecule has 3 rings (SSSR count). The molecule has 1 aliphatic carbocycles. The molecule has 4 nitrogen and oxygen atoms in total.